The molecule has 1 saturated heterocycles. The van der Waals surface area contributed by atoms with Crippen molar-refractivity contribution in [2.24, 2.45) is 5.41 Å². The Morgan fingerprint density at radius 2 is 1.73 bits per heavy atom. The number of likely N-dealkylation sites (tertiary alicyclic amines) is 1. The van der Waals surface area contributed by atoms with Crippen LogP contribution in [-0.4, -0.2) is 36.9 Å². The number of carbonyl (C=O) groups excluding carboxylic acids is 2. The molecule has 0 aliphatic carbocycles. The van der Waals surface area contributed by atoms with Gasteiger partial charge < -0.3 is 15.0 Å². The van der Waals surface area contributed by atoms with Crippen molar-refractivity contribution in [3.8, 4) is 5.75 Å². The van der Waals surface area contributed by atoms with E-state index in [1.165, 1.54) is 5.56 Å². The molecule has 0 radical (unpaired) electrons. The third-order valence-electron chi connectivity index (χ3n) is 5.96. The van der Waals surface area contributed by atoms with E-state index in [1.54, 1.807) is 7.11 Å². The maximum atomic E-state index is 12.9. The summed E-state index contributed by atoms with van der Waals surface area (Å²) >= 11 is 0. The first-order valence-electron chi connectivity index (χ1n) is 10.6. The average Bonchev–Trinajstić information content (AvgIpc) is 2.77. The van der Waals surface area contributed by atoms with Gasteiger partial charge in [0, 0.05) is 26.1 Å². The van der Waals surface area contributed by atoms with E-state index in [2.05, 4.69) is 5.32 Å². The summed E-state index contributed by atoms with van der Waals surface area (Å²) < 4.78 is 5.18. The number of amides is 2. The average molecular weight is 409 g/mol. The highest BCUT2D eigenvalue weighted by Gasteiger charge is 2.39. The Morgan fingerprint density at radius 1 is 1.07 bits per heavy atom. The second kappa shape index (κ2) is 9.79. The summed E-state index contributed by atoms with van der Waals surface area (Å²) in [5.41, 5.74) is 2.85. The van der Waals surface area contributed by atoms with E-state index >= 15 is 0 Å². The van der Waals surface area contributed by atoms with Gasteiger partial charge >= 0.3 is 0 Å². The fourth-order valence-corrected chi connectivity index (χ4v) is 3.94. The molecule has 160 valence electrons. The van der Waals surface area contributed by atoms with Crippen LogP contribution in [0.2, 0.25) is 0 Å². The van der Waals surface area contributed by atoms with Crippen molar-refractivity contribution in [3.05, 3.63) is 65.2 Å². The van der Waals surface area contributed by atoms with Crippen molar-refractivity contribution in [2.45, 2.75) is 46.1 Å². The second-order valence-corrected chi connectivity index (χ2v) is 8.50. The molecule has 1 aliphatic rings. The standard InChI is InChI=1S/C25H32N2O3/c1-19-5-7-21(8-6-19)17-26-24(29)25(2)15-4-16-27(18-25)23(28)14-11-20-9-12-22(30-3)13-10-20/h5-10,12-13H,4,11,14-18H2,1-3H3,(H,26,29). The zero-order valence-corrected chi connectivity index (χ0v) is 18.2. The van der Waals surface area contributed by atoms with Gasteiger partial charge in [-0.3, -0.25) is 9.59 Å². The van der Waals surface area contributed by atoms with Gasteiger partial charge in [-0.25, -0.2) is 0 Å². The zero-order valence-electron chi connectivity index (χ0n) is 18.2. The fraction of sp³-hybridized carbons (Fsp3) is 0.440. The van der Waals surface area contributed by atoms with Gasteiger partial charge in [0.05, 0.1) is 12.5 Å². The number of ether oxygens (including phenoxy) is 1. The van der Waals surface area contributed by atoms with Crippen LogP contribution in [0.4, 0.5) is 0 Å². The van der Waals surface area contributed by atoms with Gasteiger partial charge in [0.1, 0.15) is 5.75 Å². The molecule has 5 nitrogen and oxygen atoms in total. The smallest absolute Gasteiger partial charge is 0.227 e. The maximum absolute atomic E-state index is 12.9. The summed E-state index contributed by atoms with van der Waals surface area (Å²) in [6.07, 6.45) is 2.79. The first kappa shape index (κ1) is 21.9. The maximum Gasteiger partial charge on any atom is 0.227 e. The summed E-state index contributed by atoms with van der Waals surface area (Å²) in [7, 11) is 1.64. The van der Waals surface area contributed by atoms with E-state index < -0.39 is 5.41 Å². The van der Waals surface area contributed by atoms with Crippen molar-refractivity contribution in [1.82, 2.24) is 10.2 Å². The normalized spacial score (nSPS) is 18.7. The van der Waals surface area contributed by atoms with E-state index in [-0.39, 0.29) is 11.8 Å². The van der Waals surface area contributed by atoms with Crippen molar-refractivity contribution in [2.75, 3.05) is 20.2 Å². The molecule has 2 aromatic carbocycles. The van der Waals surface area contributed by atoms with Gasteiger partial charge in [-0.15, -0.1) is 0 Å². The van der Waals surface area contributed by atoms with Crippen LogP contribution < -0.4 is 10.1 Å². The van der Waals surface area contributed by atoms with E-state index in [0.717, 1.165) is 36.3 Å². The zero-order chi connectivity index (χ0) is 21.6. The van der Waals surface area contributed by atoms with Crippen molar-refractivity contribution >= 4 is 11.8 Å². The van der Waals surface area contributed by atoms with Crippen LogP contribution in [0.5, 0.6) is 5.75 Å². The molecule has 1 fully saturated rings. The van der Waals surface area contributed by atoms with E-state index in [0.29, 0.717) is 25.9 Å². The lowest BCUT2D eigenvalue weighted by molar-refractivity contribution is -0.140. The third-order valence-corrected chi connectivity index (χ3v) is 5.96. The molecule has 0 spiro atoms. The second-order valence-electron chi connectivity index (χ2n) is 8.50. The summed E-state index contributed by atoms with van der Waals surface area (Å²) in [5, 5.41) is 3.07. The van der Waals surface area contributed by atoms with Gasteiger partial charge in [-0.05, 0) is 56.4 Å². The van der Waals surface area contributed by atoms with Crippen molar-refractivity contribution < 1.29 is 14.3 Å². The molecule has 5 heteroatoms. The van der Waals surface area contributed by atoms with Gasteiger partial charge in [-0.2, -0.15) is 0 Å². The molecule has 1 heterocycles. The Bertz CT molecular complexity index is 861. The Morgan fingerprint density at radius 3 is 2.40 bits per heavy atom. The molecule has 0 saturated carbocycles. The monoisotopic (exact) mass is 408 g/mol. The molecule has 30 heavy (non-hydrogen) atoms. The van der Waals surface area contributed by atoms with Crippen LogP contribution in [0.25, 0.3) is 0 Å². The molecular formula is C25H32N2O3. The van der Waals surface area contributed by atoms with E-state index in [4.69, 9.17) is 4.74 Å². The molecule has 2 amide bonds. The van der Waals surface area contributed by atoms with Crippen molar-refractivity contribution in [1.29, 1.82) is 0 Å². The van der Waals surface area contributed by atoms with Gasteiger partial charge in [-0.1, -0.05) is 42.0 Å². The number of hydrogen-bond donors (Lipinski definition) is 1. The molecule has 0 aromatic heterocycles. The quantitative estimate of drug-likeness (QED) is 0.756. The number of methoxy groups -OCH3 is 1. The molecule has 0 bridgehead atoms. The molecule has 2 aromatic rings. The first-order valence-corrected chi connectivity index (χ1v) is 10.6. The van der Waals surface area contributed by atoms with Crippen LogP contribution in [0, 0.1) is 12.3 Å². The highest BCUT2D eigenvalue weighted by Crippen LogP contribution is 2.30. The predicted molar refractivity (Wildman–Crippen MR) is 118 cm³/mol. The van der Waals surface area contributed by atoms with Crippen LogP contribution in [-0.2, 0) is 22.6 Å². The predicted octanol–water partition coefficient (Wildman–Crippen LogP) is 3.88. The number of hydrogen-bond acceptors (Lipinski definition) is 3. The number of aryl methyl sites for hydroxylation is 2. The lowest BCUT2D eigenvalue weighted by Gasteiger charge is -2.39. The number of carbonyl (C=O) groups is 2. The highest BCUT2D eigenvalue weighted by molar-refractivity contribution is 5.84. The van der Waals surface area contributed by atoms with Crippen LogP contribution in [0.15, 0.2) is 48.5 Å². The first-order chi connectivity index (χ1) is 14.4. The van der Waals surface area contributed by atoms with Crippen LogP contribution in [0.3, 0.4) is 0 Å². The SMILES string of the molecule is COc1ccc(CCC(=O)N2CCCC(C)(C(=O)NCc3ccc(C)cc3)C2)cc1. The third kappa shape index (κ3) is 5.62. The molecule has 1 atom stereocenters. The highest BCUT2D eigenvalue weighted by atomic mass is 16.5. The number of rotatable bonds is 7. The summed E-state index contributed by atoms with van der Waals surface area (Å²) in [6, 6.07) is 16.0. The Balaban J connectivity index is 1.52. The Kier molecular flexibility index (Phi) is 7.14. The number of nitrogens with zero attached hydrogens (tertiary/aromatic N) is 1. The summed E-state index contributed by atoms with van der Waals surface area (Å²) in [5.74, 6) is 0.951. The topological polar surface area (TPSA) is 58.6 Å². The molecular weight excluding hydrogens is 376 g/mol. The van der Waals surface area contributed by atoms with E-state index in [9.17, 15) is 9.59 Å². The number of benzene rings is 2. The van der Waals surface area contributed by atoms with Crippen LogP contribution in [0.1, 0.15) is 42.9 Å². The molecule has 1 aliphatic heterocycles. The van der Waals surface area contributed by atoms with Crippen LogP contribution >= 0.6 is 0 Å². The Hall–Kier alpha value is -2.82. The minimum Gasteiger partial charge on any atom is -0.497 e. The lowest BCUT2D eigenvalue weighted by atomic mass is 9.80. The summed E-state index contributed by atoms with van der Waals surface area (Å²) in [4.78, 5) is 27.6. The number of nitrogens with one attached hydrogen (secondary N) is 1. The molecule has 1 N–H and O–H groups in total. The van der Waals surface area contributed by atoms with Gasteiger partial charge in [0.25, 0.3) is 0 Å². The molecule has 3 rings (SSSR count). The van der Waals surface area contributed by atoms with Gasteiger partial charge in [0.15, 0.2) is 0 Å². The lowest BCUT2D eigenvalue weighted by Crippen LogP contribution is -2.51. The minimum absolute atomic E-state index is 0.0238. The minimum atomic E-state index is -0.543. The fourth-order valence-electron chi connectivity index (χ4n) is 3.94. The summed E-state index contributed by atoms with van der Waals surface area (Å²) in [6.45, 7) is 5.74. The van der Waals surface area contributed by atoms with Crippen molar-refractivity contribution in [3.63, 3.8) is 0 Å². The largest absolute Gasteiger partial charge is 0.497 e. The Labute approximate surface area is 179 Å². The molecule has 1 unspecified atom stereocenters. The van der Waals surface area contributed by atoms with Gasteiger partial charge in [0.2, 0.25) is 11.8 Å². The number of piperidine rings is 1. The van der Waals surface area contributed by atoms with E-state index in [1.807, 2.05) is 67.3 Å².